The molecule has 1 rings (SSSR count). The Morgan fingerprint density at radius 3 is 2.68 bits per heavy atom. The first-order valence-electron chi connectivity index (χ1n) is 6.10. The van der Waals surface area contributed by atoms with Gasteiger partial charge in [-0.15, -0.1) is 0 Å². The molecule has 0 bridgehead atoms. The molecule has 0 atom stereocenters. The predicted molar refractivity (Wildman–Crippen MR) is 69.4 cm³/mol. The van der Waals surface area contributed by atoms with E-state index in [9.17, 15) is 14.9 Å². The van der Waals surface area contributed by atoms with Gasteiger partial charge in [0, 0.05) is 18.1 Å². The van der Waals surface area contributed by atoms with E-state index in [4.69, 9.17) is 9.84 Å². The lowest BCUT2D eigenvalue weighted by Crippen LogP contribution is -2.00. The van der Waals surface area contributed by atoms with Crippen molar-refractivity contribution in [2.24, 2.45) is 0 Å². The first kappa shape index (κ1) is 14.9. The molecule has 1 aromatic rings. The summed E-state index contributed by atoms with van der Waals surface area (Å²) in [5, 5.41) is 19.1. The van der Waals surface area contributed by atoms with Gasteiger partial charge in [-0.3, -0.25) is 14.9 Å². The molecular weight excluding hydrogens is 250 g/mol. The summed E-state index contributed by atoms with van der Waals surface area (Å²) in [5.74, 6) is -0.187. The number of unbranched alkanes of at least 4 members (excludes halogenated alkanes) is 2. The summed E-state index contributed by atoms with van der Waals surface area (Å²) in [6, 6.07) is 4.63. The van der Waals surface area contributed by atoms with Crippen LogP contribution in [0.3, 0.4) is 0 Å². The number of nitro groups is 1. The van der Waals surface area contributed by atoms with Crippen molar-refractivity contribution in [3.63, 3.8) is 0 Å². The quantitative estimate of drug-likeness (QED) is 0.444. The van der Waals surface area contributed by atoms with E-state index in [1.165, 1.54) is 6.07 Å². The third kappa shape index (κ3) is 5.37. The van der Waals surface area contributed by atoms with Crippen LogP contribution in [0.2, 0.25) is 0 Å². The third-order valence-corrected chi connectivity index (χ3v) is 2.67. The summed E-state index contributed by atoms with van der Waals surface area (Å²) in [4.78, 5) is 20.5. The van der Waals surface area contributed by atoms with Gasteiger partial charge in [0.25, 0.3) is 5.69 Å². The summed E-state index contributed by atoms with van der Waals surface area (Å²) in [6.45, 7) is 2.15. The molecular formula is C13H17NO5. The Hall–Kier alpha value is -2.11. The van der Waals surface area contributed by atoms with Gasteiger partial charge in [0.1, 0.15) is 5.75 Å². The second-order valence-electron chi connectivity index (χ2n) is 4.26. The van der Waals surface area contributed by atoms with Crippen molar-refractivity contribution in [1.29, 1.82) is 0 Å². The minimum Gasteiger partial charge on any atom is -0.494 e. The lowest BCUT2D eigenvalue weighted by Gasteiger charge is -2.06. The fourth-order valence-corrected chi connectivity index (χ4v) is 1.67. The number of carboxylic acids is 1. The van der Waals surface area contributed by atoms with Gasteiger partial charge in [-0.2, -0.15) is 0 Å². The van der Waals surface area contributed by atoms with Crippen LogP contribution in [0.15, 0.2) is 18.2 Å². The molecule has 6 heteroatoms. The number of ether oxygens (including phenoxy) is 1. The van der Waals surface area contributed by atoms with Crippen LogP contribution in [0.25, 0.3) is 0 Å². The highest BCUT2D eigenvalue weighted by atomic mass is 16.6. The van der Waals surface area contributed by atoms with Crippen LogP contribution in [0.5, 0.6) is 5.75 Å². The van der Waals surface area contributed by atoms with Gasteiger partial charge in [-0.25, -0.2) is 0 Å². The van der Waals surface area contributed by atoms with Crippen LogP contribution >= 0.6 is 0 Å². The molecule has 0 spiro atoms. The molecule has 0 aliphatic heterocycles. The van der Waals surface area contributed by atoms with Gasteiger partial charge >= 0.3 is 5.97 Å². The lowest BCUT2D eigenvalue weighted by atomic mass is 10.2. The molecule has 1 aromatic carbocycles. The number of nitro benzene ring substituents is 1. The smallest absolute Gasteiger partial charge is 0.303 e. The number of aliphatic carboxylic acids is 1. The average molecular weight is 267 g/mol. The number of nitrogens with zero attached hydrogens (tertiary/aromatic N) is 1. The standard InChI is InChI=1S/C13H17NO5/c1-10-9-11(6-7-12(10)14(17)18)19-8-4-2-3-5-13(15)16/h6-7,9H,2-5,8H2,1H3,(H,15,16). The van der Waals surface area contributed by atoms with Gasteiger partial charge in [-0.05, 0) is 38.3 Å². The number of rotatable bonds is 8. The predicted octanol–water partition coefficient (Wildman–Crippen LogP) is 2.93. The van der Waals surface area contributed by atoms with E-state index in [1.54, 1.807) is 19.1 Å². The monoisotopic (exact) mass is 267 g/mol. The number of hydrogen-bond donors (Lipinski definition) is 1. The summed E-state index contributed by atoms with van der Waals surface area (Å²) < 4.78 is 5.46. The fourth-order valence-electron chi connectivity index (χ4n) is 1.67. The Morgan fingerprint density at radius 1 is 1.37 bits per heavy atom. The van der Waals surface area contributed by atoms with Crippen molar-refractivity contribution in [1.82, 2.24) is 0 Å². The van der Waals surface area contributed by atoms with Gasteiger partial charge < -0.3 is 9.84 Å². The first-order chi connectivity index (χ1) is 9.00. The van der Waals surface area contributed by atoms with E-state index in [0.717, 1.165) is 12.8 Å². The van der Waals surface area contributed by atoms with Crippen molar-refractivity contribution in [2.75, 3.05) is 6.61 Å². The zero-order valence-electron chi connectivity index (χ0n) is 10.8. The Bertz CT molecular complexity index is 458. The van der Waals surface area contributed by atoms with Crippen molar-refractivity contribution in [3.05, 3.63) is 33.9 Å². The second kappa shape index (κ2) is 7.35. The molecule has 0 unspecified atom stereocenters. The summed E-state index contributed by atoms with van der Waals surface area (Å²) in [6.07, 6.45) is 2.37. The minimum absolute atomic E-state index is 0.0776. The first-order valence-corrected chi connectivity index (χ1v) is 6.10. The largest absolute Gasteiger partial charge is 0.494 e. The van der Waals surface area contributed by atoms with Crippen molar-refractivity contribution < 1.29 is 19.6 Å². The topological polar surface area (TPSA) is 89.7 Å². The number of carboxylic acid groups (broad SMARTS) is 1. The number of aryl methyl sites for hydroxylation is 1. The summed E-state index contributed by atoms with van der Waals surface area (Å²) in [7, 11) is 0. The Kier molecular flexibility index (Phi) is 5.78. The zero-order chi connectivity index (χ0) is 14.3. The summed E-state index contributed by atoms with van der Waals surface area (Å²) >= 11 is 0. The highest BCUT2D eigenvalue weighted by Crippen LogP contribution is 2.23. The number of benzene rings is 1. The van der Waals surface area contributed by atoms with E-state index >= 15 is 0 Å². The fraction of sp³-hybridized carbons (Fsp3) is 0.462. The SMILES string of the molecule is Cc1cc(OCCCCCC(=O)O)ccc1[N+](=O)[O-]. The molecule has 0 aliphatic rings. The van der Waals surface area contributed by atoms with Gasteiger partial charge in [-0.1, -0.05) is 0 Å². The van der Waals surface area contributed by atoms with Crippen LogP contribution in [0.1, 0.15) is 31.2 Å². The van der Waals surface area contributed by atoms with E-state index in [2.05, 4.69) is 0 Å². The number of hydrogen-bond acceptors (Lipinski definition) is 4. The summed E-state index contributed by atoms with van der Waals surface area (Å²) in [5.41, 5.74) is 0.641. The lowest BCUT2D eigenvalue weighted by molar-refractivity contribution is -0.385. The van der Waals surface area contributed by atoms with Crippen molar-refractivity contribution in [2.45, 2.75) is 32.6 Å². The second-order valence-corrected chi connectivity index (χ2v) is 4.26. The molecule has 0 aliphatic carbocycles. The van der Waals surface area contributed by atoms with Crippen LogP contribution in [0.4, 0.5) is 5.69 Å². The van der Waals surface area contributed by atoms with E-state index < -0.39 is 10.9 Å². The molecule has 0 fully saturated rings. The van der Waals surface area contributed by atoms with Crippen LogP contribution in [0, 0.1) is 17.0 Å². The molecule has 0 heterocycles. The van der Waals surface area contributed by atoms with Crippen molar-refractivity contribution >= 4 is 11.7 Å². The van der Waals surface area contributed by atoms with Crippen LogP contribution in [-0.2, 0) is 4.79 Å². The van der Waals surface area contributed by atoms with Gasteiger partial charge in [0.05, 0.1) is 11.5 Å². The molecule has 1 N–H and O–H groups in total. The Morgan fingerprint density at radius 2 is 2.11 bits per heavy atom. The maximum Gasteiger partial charge on any atom is 0.303 e. The van der Waals surface area contributed by atoms with E-state index in [1.807, 2.05) is 0 Å². The normalized spacial score (nSPS) is 10.2. The molecule has 6 nitrogen and oxygen atoms in total. The number of carbonyl (C=O) groups is 1. The third-order valence-electron chi connectivity index (χ3n) is 2.67. The van der Waals surface area contributed by atoms with E-state index in [0.29, 0.717) is 24.3 Å². The molecule has 0 aromatic heterocycles. The average Bonchev–Trinajstić information content (AvgIpc) is 2.32. The molecule has 0 saturated carbocycles. The zero-order valence-corrected chi connectivity index (χ0v) is 10.8. The maximum atomic E-state index is 10.6. The molecule has 0 amide bonds. The van der Waals surface area contributed by atoms with Gasteiger partial charge in [0.2, 0.25) is 0 Å². The van der Waals surface area contributed by atoms with Gasteiger partial charge in [0.15, 0.2) is 0 Å². The van der Waals surface area contributed by atoms with Crippen molar-refractivity contribution in [3.8, 4) is 5.75 Å². The molecule has 0 radical (unpaired) electrons. The molecule has 0 saturated heterocycles. The minimum atomic E-state index is -0.785. The van der Waals surface area contributed by atoms with E-state index in [-0.39, 0.29) is 12.1 Å². The Labute approximate surface area is 111 Å². The Balaban J connectivity index is 2.32. The maximum absolute atomic E-state index is 10.6. The van der Waals surface area contributed by atoms with Crippen LogP contribution < -0.4 is 4.74 Å². The van der Waals surface area contributed by atoms with Crippen LogP contribution in [-0.4, -0.2) is 22.6 Å². The highest BCUT2D eigenvalue weighted by molar-refractivity contribution is 5.66. The molecule has 104 valence electrons. The molecule has 19 heavy (non-hydrogen) atoms. The highest BCUT2D eigenvalue weighted by Gasteiger charge is 2.10.